The minimum Gasteiger partial charge on any atom is -0.368 e. The molecular weight excluding hydrogens is 297 g/mol. The molecule has 0 bridgehead atoms. The standard InChI is InChI=1S/C13H11F3N6/c14-13(15,16)8-3-1-2-7(4-8)5-18-10-9-6-19-22-11(9)21-12(17)20-10/h1-4,6H,5H2,(H4,17,18,19,20,21,22). The molecule has 0 fully saturated rings. The van der Waals surface area contributed by atoms with Crippen LogP contribution in [0.25, 0.3) is 11.0 Å². The molecule has 0 atom stereocenters. The molecule has 2 aromatic heterocycles. The number of nitrogens with one attached hydrogen (secondary N) is 2. The molecule has 0 unspecified atom stereocenters. The van der Waals surface area contributed by atoms with Gasteiger partial charge in [-0.1, -0.05) is 12.1 Å². The SMILES string of the molecule is Nc1nc(NCc2cccc(C(F)(F)F)c2)c2cn[nH]c2n1. The smallest absolute Gasteiger partial charge is 0.368 e. The van der Waals surface area contributed by atoms with Crippen LogP contribution in [0.1, 0.15) is 11.1 Å². The van der Waals surface area contributed by atoms with Crippen LogP contribution in [0.5, 0.6) is 0 Å². The molecule has 3 aromatic rings. The third-order valence-corrected chi connectivity index (χ3v) is 3.04. The Labute approximate surface area is 122 Å². The number of anilines is 2. The maximum Gasteiger partial charge on any atom is 0.416 e. The van der Waals surface area contributed by atoms with E-state index < -0.39 is 11.7 Å². The molecule has 0 saturated heterocycles. The molecule has 3 rings (SSSR count). The number of aromatic amines is 1. The summed E-state index contributed by atoms with van der Waals surface area (Å²) in [7, 11) is 0. The van der Waals surface area contributed by atoms with Gasteiger partial charge in [0.25, 0.3) is 0 Å². The average molecular weight is 308 g/mol. The summed E-state index contributed by atoms with van der Waals surface area (Å²) in [5.41, 5.74) is 5.82. The lowest BCUT2D eigenvalue weighted by atomic mass is 10.1. The molecule has 22 heavy (non-hydrogen) atoms. The number of nitrogen functional groups attached to an aromatic ring is 1. The van der Waals surface area contributed by atoms with E-state index in [1.54, 1.807) is 6.07 Å². The number of nitrogens with zero attached hydrogens (tertiary/aromatic N) is 3. The van der Waals surface area contributed by atoms with Crippen LogP contribution < -0.4 is 11.1 Å². The van der Waals surface area contributed by atoms with Gasteiger partial charge >= 0.3 is 6.18 Å². The number of hydrogen-bond donors (Lipinski definition) is 3. The van der Waals surface area contributed by atoms with Crippen molar-refractivity contribution in [2.24, 2.45) is 0 Å². The Morgan fingerprint density at radius 3 is 2.82 bits per heavy atom. The Hall–Kier alpha value is -2.84. The number of fused-ring (bicyclic) bond motifs is 1. The van der Waals surface area contributed by atoms with Gasteiger partial charge in [-0.3, -0.25) is 5.10 Å². The fourth-order valence-electron chi connectivity index (χ4n) is 2.03. The van der Waals surface area contributed by atoms with E-state index in [1.807, 2.05) is 0 Å². The summed E-state index contributed by atoms with van der Waals surface area (Å²) >= 11 is 0. The van der Waals surface area contributed by atoms with E-state index in [-0.39, 0.29) is 12.5 Å². The molecule has 0 saturated carbocycles. The largest absolute Gasteiger partial charge is 0.416 e. The maximum absolute atomic E-state index is 12.7. The van der Waals surface area contributed by atoms with Crippen molar-refractivity contribution >= 4 is 22.8 Å². The summed E-state index contributed by atoms with van der Waals surface area (Å²) in [4.78, 5) is 7.99. The lowest BCUT2D eigenvalue weighted by Gasteiger charge is -2.10. The summed E-state index contributed by atoms with van der Waals surface area (Å²) in [5, 5.41) is 10.1. The number of rotatable bonds is 3. The second-order valence-electron chi connectivity index (χ2n) is 4.61. The summed E-state index contributed by atoms with van der Waals surface area (Å²) in [6.07, 6.45) is -2.85. The van der Waals surface area contributed by atoms with Crippen molar-refractivity contribution in [2.45, 2.75) is 12.7 Å². The summed E-state index contributed by atoms with van der Waals surface area (Å²) in [6.45, 7) is 0.167. The van der Waals surface area contributed by atoms with E-state index in [0.29, 0.717) is 22.4 Å². The second-order valence-corrected chi connectivity index (χ2v) is 4.61. The average Bonchev–Trinajstić information content (AvgIpc) is 2.92. The van der Waals surface area contributed by atoms with E-state index in [0.717, 1.165) is 12.1 Å². The third kappa shape index (κ3) is 2.78. The lowest BCUT2D eigenvalue weighted by molar-refractivity contribution is -0.137. The highest BCUT2D eigenvalue weighted by Gasteiger charge is 2.30. The zero-order valence-corrected chi connectivity index (χ0v) is 11.1. The number of aromatic nitrogens is 4. The Morgan fingerprint density at radius 1 is 1.23 bits per heavy atom. The number of H-pyrrole nitrogens is 1. The summed E-state index contributed by atoms with van der Waals surface area (Å²) in [5.74, 6) is 0.456. The molecule has 9 heteroatoms. The van der Waals surface area contributed by atoms with Gasteiger partial charge in [-0.15, -0.1) is 0 Å². The molecule has 0 aliphatic rings. The second kappa shape index (κ2) is 5.17. The minimum absolute atomic E-state index is 0.0447. The van der Waals surface area contributed by atoms with Crippen LogP contribution in [0.3, 0.4) is 0 Å². The highest BCUT2D eigenvalue weighted by molar-refractivity contribution is 5.86. The van der Waals surface area contributed by atoms with Crippen LogP contribution in [0.4, 0.5) is 24.9 Å². The zero-order valence-electron chi connectivity index (χ0n) is 11.1. The monoisotopic (exact) mass is 308 g/mol. The lowest BCUT2D eigenvalue weighted by Crippen LogP contribution is -2.08. The molecule has 0 amide bonds. The van der Waals surface area contributed by atoms with E-state index in [4.69, 9.17) is 5.73 Å². The molecular formula is C13H11F3N6. The number of hydrogen-bond acceptors (Lipinski definition) is 5. The zero-order chi connectivity index (χ0) is 15.7. The van der Waals surface area contributed by atoms with Gasteiger partial charge in [0, 0.05) is 6.54 Å². The molecule has 2 heterocycles. The van der Waals surface area contributed by atoms with Crippen molar-refractivity contribution in [2.75, 3.05) is 11.1 Å². The first-order chi connectivity index (χ1) is 10.4. The van der Waals surface area contributed by atoms with E-state index in [9.17, 15) is 13.2 Å². The van der Waals surface area contributed by atoms with Crippen molar-refractivity contribution < 1.29 is 13.2 Å². The van der Waals surface area contributed by atoms with E-state index in [2.05, 4.69) is 25.5 Å². The fraction of sp³-hybridized carbons (Fsp3) is 0.154. The Bertz CT molecular complexity index is 811. The van der Waals surface area contributed by atoms with Gasteiger partial charge in [0.15, 0.2) is 5.65 Å². The predicted molar refractivity (Wildman–Crippen MR) is 74.9 cm³/mol. The molecule has 0 spiro atoms. The molecule has 1 aromatic carbocycles. The van der Waals surface area contributed by atoms with Gasteiger partial charge in [-0.05, 0) is 17.7 Å². The molecule has 114 valence electrons. The Balaban J connectivity index is 1.84. The van der Waals surface area contributed by atoms with E-state index in [1.165, 1.54) is 12.3 Å². The molecule has 6 nitrogen and oxygen atoms in total. The first-order valence-electron chi connectivity index (χ1n) is 6.30. The normalized spacial score (nSPS) is 11.8. The predicted octanol–water partition coefficient (Wildman–Crippen LogP) is 2.57. The van der Waals surface area contributed by atoms with Crippen LogP contribution in [0, 0.1) is 0 Å². The number of benzene rings is 1. The van der Waals surface area contributed by atoms with Crippen molar-refractivity contribution in [3.63, 3.8) is 0 Å². The van der Waals surface area contributed by atoms with Crippen molar-refractivity contribution in [1.29, 1.82) is 0 Å². The van der Waals surface area contributed by atoms with Crippen LogP contribution in [0.15, 0.2) is 30.5 Å². The number of alkyl halides is 3. The van der Waals surface area contributed by atoms with E-state index >= 15 is 0 Å². The maximum atomic E-state index is 12.7. The highest BCUT2D eigenvalue weighted by atomic mass is 19.4. The van der Waals surface area contributed by atoms with Crippen LogP contribution in [-0.4, -0.2) is 20.2 Å². The van der Waals surface area contributed by atoms with Crippen molar-refractivity contribution in [3.8, 4) is 0 Å². The topological polar surface area (TPSA) is 92.5 Å². The van der Waals surface area contributed by atoms with Crippen molar-refractivity contribution in [3.05, 3.63) is 41.6 Å². The highest BCUT2D eigenvalue weighted by Crippen LogP contribution is 2.29. The molecule has 0 aliphatic carbocycles. The molecule has 0 aliphatic heterocycles. The fourth-order valence-corrected chi connectivity index (χ4v) is 2.03. The van der Waals surface area contributed by atoms with Gasteiger partial charge in [-0.2, -0.15) is 28.2 Å². The first-order valence-corrected chi connectivity index (χ1v) is 6.30. The summed E-state index contributed by atoms with van der Waals surface area (Å²) < 4.78 is 38.0. The van der Waals surface area contributed by atoms with Crippen LogP contribution >= 0.6 is 0 Å². The molecule has 0 radical (unpaired) electrons. The van der Waals surface area contributed by atoms with Crippen molar-refractivity contribution in [1.82, 2.24) is 20.2 Å². The van der Waals surface area contributed by atoms with Gasteiger partial charge in [0.2, 0.25) is 5.95 Å². The number of halogens is 3. The van der Waals surface area contributed by atoms with Crippen LogP contribution in [-0.2, 0) is 12.7 Å². The van der Waals surface area contributed by atoms with Crippen LogP contribution in [0.2, 0.25) is 0 Å². The van der Waals surface area contributed by atoms with Gasteiger partial charge < -0.3 is 11.1 Å². The number of nitrogens with two attached hydrogens (primary N) is 1. The van der Waals surface area contributed by atoms with Gasteiger partial charge in [0.1, 0.15) is 5.82 Å². The minimum atomic E-state index is -4.37. The molecule has 4 N–H and O–H groups in total. The Kier molecular flexibility index (Phi) is 3.32. The van der Waals surface area contributed by atoms with Gasteiger partial charge in [0.05, 0.1) is 17.1 Å². The third-order valence-electron chi connectivity index (χ3n) is 3.04. The van der Waals surface area contributed by atoms with Gasteiger partial charge in [-0.25, -0.2) is 0 Å². The first kappa shape index (κ1) is 14.1. The quantitative estimate of drug-likeness (QED) is 0.691. The summed E-state index contributed by atoms with van der Waals surface area (Å²) in [6, 6.07) is 5.07. The Morgan fingerprint density at radius 2 is 2.05 bits per heavy atom.